The number of hydrogen-bond donors (Lipinski definition) is 1. The van der Waals surface area contributed by atoms with Gasteiger partial charge in [0.1, 0.15) is 6.04 Å². The number of carbonyl (C=O) groups excluding carboxylic acids is 1. The van der Waals surface area contributed by atoms with E-state index in [4.69, 9.17) is 4.74 Å². The average molecular weight is 254 g/mol. The Labute approximate surface area is 110 Å². The van der Waals surface area contributed by atoms with Crippen LogP contribution in [-0.4, -0.2) is 49.7 Å². The van der Waals surface area contributed by atoms with Crippen molar-refractivity contribution in [2.45, 2.75) is 57.2 Å². The van der Waals surface area contributed by atoms with Gasteiger partial charge < -0.3 is 15.0 Å². The van der Waals surface area contributed by atoms with Crippen LogP contribution in [0.2, 0.25) is 0 Å². The molecule has 2 atom stereocenters. The van der Waals surface area contributed by atoms with Crippen molar-refractivity contribution in [1.82, 2.24) is 10.2 Å². The van der Waals surface area contributed by atoms with Gasteiger partial charge in [-0.1, -0.05) is 0 Å². The second kappa shape index (κ2) is 6.02. The Morgan fingerprint density at radius 3 is 2.56 bits per heavy atom. The highest BCUT2D eigenvalue weighted by molar-refractivity contribution is 5.75. The van der Waals surface area contributed by atoms with Crippen LogP contribution in [0, 0.1) is 5.92 Å². The first kappa shape index (κ1) is 13.8. The molecule has 2 aliphatic rings. The fourth-order valence-corrected chi connectivity index (χ4v) is 2.42. The molecule has 0 radical (unpaired) electrons. The second-order valence-electron chi connectivity index (χ2n) is 5.86. The summed E-state index contributed by atoms with van der Waals surface area (Å²) in [5, 5.41) is 3.38. The van der Waals surface area contributed by atoms with E-state index >= 15 is 0 Å². The van der Waals surface area contributed by atoms with Gasteiger partial charge in [-0.05, 0) is 52.0 Å². The molecule has 2 rings (SSSR count). The van der Waals surface area contributed by atoms with Crippen LogP contribution in [0.3, 0.4) is 0 Å². The van der Waals surface area contributed by atoms with Crippen LogP contribution in [0.5, 0.6) is 0 Å². The first-order valence-electron chi connectivity index (χ1n) is 7.16. The molecule has 0 aromatic rings. The topological polar surface area (TPSA) is 41.6 Å². The van der Waals surface area contributed by atoms with Crippen molar-refractivity contribution in [3.05, 3.63) is 0 Å². The highest BCUT2D eigenvalue weighted by atomic mass is 16.5. The molecule has 104 valence electrons. The van der Waals surface area contributed by atoms with Crippen molar-refractivity contribution in [2.75, 3.05) is 20.7 Å². The molecule has 2 saturated carbocycles. The SMILES string of the molecule is COC(=O)C(CCN(C)C(C)C1CC1)NC1CC1. The van der Waals surface area contributed by atoms with Crippen LogP contribution in [0.15, 0.2) is 0 Å². The minimum Gasteiger partial charge on any atom is -0.468 e. The zero-order valence-corrected chi connectivity index (χ0v) is 11.8. The van der Waals surface area contributed by atoms with Crippen molar-refractivity contribution in [1.29, 1.82) is 0 Å². The van der Waals surface area contributed by atoms with E-state index in [1.165, 1.54) is 32.8 Å². The van der Waals surface area contributed by atoms with E-state index in [-0.39, 0.29) is 12.0 Å². The number of ether oxygens (including phenoxy) is 1. The number of nitrogens with zero attached hydrogens (tertiary/aromatic N) is 1. The van der Waals surface area contributed by atoms with Gasteiger partial charge in [-0.25, -0.2) is 0 Å². The molecule has 0 heterocycles. The van der Waals surface area contributed by atoms with E-state index in [9.17, 15) is 4.79 Å². The van der Waals surface area contributed by atoms with E-state index in [0.717, 1.165) is 18.9 Å². The van der Waals surface area contributed by atoms with Crippen molar-refractivity contribution in [3.63, 3.8) is 0 Å². The molecule has 2 fully saturated rings. The Hall–Kier alpha value is -0.610. The standard InChI is InChI=1S/C14H26N2O2/c1-10(11-4-5-11)16(2)9-8-13(14(17)18-3)15-12-6-7-12/h10-13,15H,4-9H2,1-3H3. The third-order valence-corrected chi connectivity index (χ3v) is 4.27. The molecule has 4 heteroatoms. The first-order valence-corrected chi connectivity index (χ1v) is 7.16. The zero-order valence-electron chi connectivity index (χ0n) is 11.8. The van der Waals surface area contributed by atoms with Gasteiger partial charge in [0.25, 0.3) is 0 Å². The monoisotopic (exact) mass is 254 g/mol. The van der Waals surface area contributed by atoms with Crippen molar-refractivity contribution >= 4 is 5.97 Å². The van der Waals surface area contributed by atoms with E-state index in [0.29, 0.717) is 12.1 Å². The molecule has 2 aliphatic carbocycles. The summed E-state index contributed by atoms with van der Waals surface area (Å²) in [6.07, 6.45) is 5.97. The summed E-state index contributed by atoms with van der Waals surface area (Å²) in [5.74, 6) is 0.761. The van der Waals surface area contributed by atoms with Gasteiger partial charge in [0.2, 0.25) is 0 Å². The van der Waals surface area contributed by atoms with Crippen LogP contribution < -0.4 is 5.32 Å². The summed E-state index contributed by atoms with van der Waals surface area (Å²) in [5.41, 5.74) is 0. The molecule has 18 heavy (non-hydrogen) atoms. The lowest BCUT2D eigenvalue weighted by atomic mass is 10.1. The predicted molar refractivity (Wildman–Crippen MR) is 71.4 cm³/mol. The van der Waals surface area contributed by atoms with Gasteiger partial charge in [0, 0.05) is 18.6 Å². The summed E-state index contributed by atoms with van der Waals surface area (Å²) in [6.45, 7) is 3.25. The predicted octanol–water partition coefficient (Wildman–Crippen LogP) is 1.40. The Bertz CT molecular complexity index is 288. The number of rotatable bonds is 8. The summed E-state index contributed by atoms with van der Waals surface area (Å²) in [4.78, 5) is 14.1. The van der Waals surface area contributed by atoms with E-state index in [1.54, 1.807) is 0 Å². The lowest BCUT2D eigenvalue weighted by molar-refractivity contribution is -0.143. The maximum atomic E-state index is 11.7. The number of methoxy groups -OCH3 is 1. The van der Waals surface area contributed by atoms with Crippen LogP contribution in [0.4, 0.5) is 0 Å². The molecule has 0 saturated heterocycles. The average Bonchev–Trinajstić information content (AvgIpc) is 3.24. The second-order valence-corrected chi connectivity index (χ2v) is 5.86. The number of hydrogen-bond acceptors (Lipinski definition) is 4. The Kier molecular flexibility index (Phi) is 4.62. The lowest BCUT2D eigenvalue weighted by Crippen LogP contribution is -2.42. The minimum atomic E-state index is -0.128. The Morgan fingerprint density at radius 2 is 2.06 bits per heavy atom. The number of esters is 1. The molecule has 2 unspecified atom stereocenters. The van der Waals surface area contributed by atoms with Crippen LogP contribution >= 0.6 is 0 Å². The van der Waals surface area contributed by atoms with Crippen molar-refractivity contribution in [2.24, 2.45) is 5.92 Å². The molecule has 0 aromatic heterocycles. The normalized spacial score (nSPS) is 22.9. The summed E-state index contributed by atoms with van der Waals surface area (Å²) in [7, 11) is 3.63. The van der Waals surface area contributed by atoms with Crippen LogP contribution in [0.1, 0.15) is 39.0 Å². The Balaban J connectivity index is 1.74. The first-order chi connectivity index (χ1) is 8.61. The van der Waals surface area contributed by atoms with Crippen LogP contribution in [0.25, 0.3) is 0 Å². The highest BCUT2D eigenvalue weighted by Crippen LogP contribution is 2.34. The molecule has 1 N–H and O–H groups in total. The summed E-state index contributed by atoms with van der Waals surface area (Å²) < 4.78 is 4.87. The largest absolute Gasteiger partial charge is 0.468 e. The quantitative estimate of drug-likeness (QED) is 0.665. The number of carbonyl (C=O) groups is 1. The van der Waals surface area contributed by atoms with Crippen molar-refractivity contribution < 1.29 is 9.53 Å². The molecule has 0 spiro atoms. The maximum absolute atomic E-state index is 11.7. The fraction of sp³-hybridized carbons (Fsp3) is 0.929. The van der Waals surface area contributed by atoms with Crippen LogP contribution in [-0.2, 0) is 9.53 Å². The molecule has 0 aliphatic heterocycles. The van der Waals surface area contributed by atoms with Crippen molar-refractivity contribution in [3.8, 4) is 0 Å². The van der Waals surface area contributed by atoms with Gasteiger partial charge in [0.05, 0.1) is 7.11 Å². The molecule has 0 aromatic carbocycles. The van der Waals surface area contributed by atoms with Gasteiger partial charge in [-0.3, -0.25) is 4.79 Å². The molecule has 0 bridgehead atoms. The lowest BCUT2D eigenvalue weighted by Gasteiger charge is -2.26. The third-order valence-electron chi connectivity index (χ3n) is 4.27. The highest BCUT2D eigenvalue weighted by Gasteiger charge is 2.32. The summed E-state index contributed by atoms with van der Waals surface area (Å²) in [6, 6.07) is 1.06. The molecular formula is C14H26N2O2. The number of nitrogens with one attached hydrogen (secondary N) is 1. The smallest absolute Gasteiger partial charge is 0.322 e. The van der Waals surface area contributed by atoms with Gasteiger partial charge >= 0.3 is 5.97 Å². The van der Waals surface area contributed by atoms with E-state index in [1.807, 2.05) is 0 Å². The minimum absolute atomic E-state index is 0.116. The molecule has 4 nitrogen and oxygen atoms in total. The van der Waals surface area contributed by atoms with Gasteiger partial charge in [-0.2, -0.15) is 0 Å². The zero-order chi connectivity index (χ0) is 13.1. The van der Waals surface area contributed by atoms with Gasteiger partial charge in [-0.15, -0.1) is 0 Å². The van der Waals surface area contributed by atoms with E-state index in [2.05, 4.69) is 24.2 Å². The fourth-order valence-electron chi connectivity index (χ4n) is 2.42. The van der Waals surface area contributed by atoms with E-state index < -0.39 is 0 Å². The molecule has 0 amide bonds. The van der Waals surface area contributed by atoms with Gasteiger partial charge in [0.15, 0.2) is 0 Å². The summed E-state index contributed by atoms with van der Waals surface area (Å²) >= 11 is 0. The third kappa shape index (κ3) is 3.95. The maximum Gasteiger partial charge on any atom is 0.322 e. The Morgan fingerprint density at radius 1 is 1.39 bits per heavy atom. The molecular weight excluding hydrogens is 228 g/mol.